The minimum atomic E-state index is -1.43. The Labute approximate surface area is 117 Å². The van der Waals surface area contributed by atoms with E-state index in [0.29, 0.717) is 6.42 Å². The van der Waals surface area contributed by atoms with E-state index in [4.69, 9.17) is 9.84 Å². The first-order chi connectivity index (χ1) is 9.33. The number of aliphatic hydroxyl groups excluding tert-OH is 1. The van der Waals surface area contributed by atoms with Gasteiger partial charge in [-0.25, -0.2) is 9.59 Å². The summed E-state index contributed by atoms with van der Waals surface area (Å²) in [7, 11) is 0. The number of aliphatic carboxylic acids is 1. The van der Waals surface area contributed by atoms with Gasteiger partial charge in [-0.3, -0.25) is 4.79 Å². The molecule has 0 saturated carbocycles. The Hall–Kier alpha value is -1.83. The van der Waals surface area contributed by atoms with Crippen LogP contribution < -0.4 is 5.32 Å². The molecule has 0 spiro atoms. The van der Waals surface area contributed by atoms with Crippen LogP contribution in [0.15, 0.2) is 0 Å². The molecule has 0 aliphatic heterocycles. The third kappa shape index (κ3) is 6.37. The maximum atomic E-state index is 11.9. The van der Waals surface area contributed by atoms with Crippen molar-refractivity contribution in [3.8, 4) is 0 Å². The van der Waals surface area contributed by atoms with Gasteiger partial charge in [0.2, 0.25) is 0 Å². The molecule has 3 N–H and O–H groups in total. The van der Waals surface area contributed by atoms with Crippen LogP contribution in [0.2, 0.25) is 0 Å². The van der Waals surface area contributed by atoms with Gasteiger partial charge in [-0.05, 0) is 20.3 Å². The number of carboxylic acids is 1. The van der Waals surface area contributed by atoms with Crippen molar-refractivity contribution in [2.75, 3.05) is 19.7 Å². The third-order valence-electron chi connectivity index (χ3n) is 2.43. The van der Waals surface area contributed by atoms with Crippen LogP contribution in [0.3, 0.4) is 0 Å². The van der Waals surface area contributed by atoms with Crippen molar-refractivity contribution in [3.05, 3.63) is 0 Å². The van der Waals surface area contributed by atoms with Gasteiger partial charge in [0.1, 0.15) is 6.54 Å². The lowest BCUT2D eigenvalue weighted by Crippen LogP contribution is -2.53. The van der Waals surface area contributed by atoms with Gasteiger partial charge in [-0.1, -0.05) is 6.92 Å². The van der Waals surface area contributed by atoms with Gasteiger partial charge in [-0.15, -0.1) is 0 Å². The summed E-state index contributed by atoms with van der Waals surface area (Å²) in [4.78, 5) is 35.3. The molecule has 0 aromatic heterocycles. The summed E-state index contributed by atoms with van der Waals surface area (Å²) in [6.45, 7) is 4.93. The van der Waals surface area contributed by atoms with E-state index in [1.807, 2.05) is 6.92 Å². The zero-order valence-corrected chi connectivity index (χ0v) is 12.0. The fourth-order valence-electron chi connectivity index (χ4n) is 1.50. The van der Waals surface area contributed by atoms with Crippen LogP contribution in [0, 0.1) is 0 Å². The summed E-state index contributed by atoms with van der Waals surface area (Å²) in [5, 5.41) is 20.4. The van der Waals surface area contributed by atoms with E-state index in [2.05, 4.69) is 5.32 Å². The monoisotopic (exact) mass is 290 g/mol. The second-order valence-corrected chi connectivity index (χ2v) is 4.23. The highest BCUT2D eigenvalue weighted by Gasteiger charge is 2.27. The fourth-order valence-corrected chi connectivity index (χ4v) is 1.50. The molecular formula is C12H22N2O6. The normalized spacial score (nSPS) is 13.2. The van der Waals surface area contributed by atoms with Crippen LogP contribution in [0.5, 0.6) is 0 Å². The van der Waals surface area contributed by atoms with Gasteiger partial charge >= 0.3 is 18.0 Å². The Kier molecular flexibility index (Phi) is 8.30. The highest BCUT2D eigenvalue weighted by Crippen LogP contribution is 1.99. The Balaban J connectivity index is 4.70. The number of nitrogens with zero attached hydrogens (tertiary/aromatic N) is 1. The lowest BCUT2D eigenvalue weighted by atomic mass is 10.2. The number of carbonyl (C=O) groups is 3. The zero-order valence-electron chi connectivity index (χ0n) is 12.0. The van der Waals surface area contributed by atoms with Crippen molar-refractivity contribution >= 4 is 18.0 Å². The first kappa shape index (κ1) is 18.2. The van der Waals surface area contributed by atoms with Crippen LogP contribution in [0.1, 0.15) is 27.2 Å². The number of carbonyl (C=O) groups excluding carboxylic acids is 2. The molecule has 8 nitrogen and oxygen atoms in total. The molecule has 116 valence electrons. The molecule has 2 atom stereocenters. The second-order valence-electron chi connectivity index (χ2n) is 4.23. The van der Waals surface area contributed by atoms with Gasteiger partial charge in [0.15, 0.2) is 6.04 Å². The van der Waals surface area contributed by atoms with E-state index in [9.17, 15) is 19.5 Å². The Morgan fingerprint density at radius 2 is 1.90 bits per heavy atom. The second kappa shape index (κ2) is 9.13. The van der Waals surface area contributed by atoms with Gasteiger partial charge in [0.25, 0.3) is 0 Å². The summed E-state index contributed by atoms with van der Waals surface area (Å²) < 4.78 is 4.74. The lowest BCUT2D eigenvalue weighted by Gasteiger charge is -2.25. The van der Waals surface area contributed by atoms with Crippen molar-refractivity contribution in [1.29, 1.82) is 0 Å². The van der Waals surface area contributed by atoms with Crippen molar-refractivity contribution in [3.63, 3.8) is 0 Å². The number of esters is 1. The summed E-state index contributed by atoms with van der Waals surface area (Å²) in [6.07, 6.45) is -0.651. The molecule has 0 heterocycles. The standard InChI is InChI=1S/C12H22N2O6/c1-4-6-14(7-9(16)20-5-2)12(19)13-10(8(3)15)11(17)18/h8,10,15H,4-7H2,1-3H3,(H,13,19)(H,17,18). The molecule has 2 amide bonds. The molecule has 0 fully saturated rings. The van der Waals surface area contributed by atoms with E-state index in [1.165, 1.54) is 6.92 Å². The van der Waals surface area contributed by atoms with Gasteiger partial charge in [0.05, 0.1) is 12.7 Å². The smallest absolute Gasteiger partial charge is 0.328 e. The van der Waals surface area contributed by atoms with Crippen molar-refractivity contribution in [2.24, 2.45) is 0 Å². The molecule has 0 rings (SSSR count). The van der Waals surface area contributed by atoms with E-state index in [0.717, 1.165) is 4.90 Å². The highest BCUT2D eigenvalue weighted by molar-refractivity contribution is 5.85. The summed E-state index contributed by atoms with van der Waals surface area (Å²) >= 11 is 0. The number of hydrogen-bond acceptors (Lipinski definition) is 5. The van der Waals surface area contributed by atoms with Crippen molar-refractivity contribution in [2.45, 2.75) is 39.3 Å². The highest BCUT2D eigenvalue weighted by atomic mass is 16.5. The first-order valence-corrected chi connectivity index (χ1v) is 6.45. The van der Waals surface area contributed by atoms with Crippen LogP contribution in [-0.2, 0) is 14.3 Å². The molecule has 0 saturated heterocycles. The van der Waals surface area contributed by atoms with Crippen LogP contribution in [-0.4, -0.2) is 64.9 Å². The number of rotatable bonds is 8. The predicted molar refractivity (Wildman–Crippen MR) is 70.1 cm³/mol. The van der Waals surface area contributed by atoms with Gasteiger partial charge in [0, 0.05) is 6.54 Å². The SMILES string of the molecule is CCCN(CC(=O)OCC)C(=O)NC(C(=O)O)C(C)O. The molecule has 8 heteroatoms. The average molecular weight is 290 g/mol. The summed E-state index contributed by atoms with van der Waals surface area (Å²) in [5.74, 6) is -1.92. The number of urea groups is 1. The lowest BCUT2D eigenvalue weighted by molar-refractivity contribution is -0.143. The van der Waals surface area contributed by atoms with E-state index in [1.54, 1.807) is 6.92 Å². The van der Waals surface area contributed by atoms with Crippen molar-refractivity contribution < 1.29 is 29.3 Å². The van der Waals surface area contributed by atoms with Gasteiger partial charge < -0.3 is 25.2 Å². The average Bonchev–Trinajstić information content (AvgIpc) is 2.34. The Morgan fingerprint density at radius 3 is 2.30 bits per heavy atom. The largest absolute Gasteiger partial charge is 0.480 e. The number of carboxylic acid groups (broad SMARTS) is 1. The first-order valence-electron chi connectivity index (χ1n) is 6.45. The zero-order chi connectivity index (χ0) is 15.7. The molecule has 20 heavy (non-hydrogen) atoms. The minimum absolute atomic E-state index is 0.200. The molecule has 2 unspecified atom stereocenters. The Bertz CT molecular complexity index is 345. The molecule has 0 aromatic carbocycles. The number of hydrogen-bond donors (Lipinski definition) is 3. The Morgan fingerprint density at radius 1 is 1.30 bits per heavy atom. The fraction of sp³-hybridized carbons (Fsp3) is 0.750. The number of aliphatic hydroxyl groups is 1. The third-order valence-corrected chi connectivity index (χ3v) is 2.43. The number of amides is 2. The quantitative estimate of drug-likeness (QED) is 0.533. The molecule has 0 bridgehead atoms. The van der Waals surface area contributed by atoms with E-state index in [-0.39, 0.29) is 19.7 Å². The molecular weight excluding hydrogens is 268 g/mol. The molecule has 0 aliphatic rings. The minimum Gasteiger partial charge on any atom is -0.480 e. The summed E-state index contributed by atoms with van der Waals surface area (Å²) in [6, 6.07) is -2.16. The number of nitrogens with one attached hydrogen (secondary N) is 1. The predicted octanol–water partition coefficient (Wildman–Crippen LogP) is -0.195. The van der Waals surface area contributed by atoms with Crippen molar-refractivity contribution in [1.82, 2.24) is 10.2 Å². The van der Waals surface area contributed by atoms with Crippen LogP contribution in [0.4, 0.5) is 4.79 Å². The number of ether oxygens (including phenoxy) is 1. The van der Waals surface area contributed by atoms with Crippen LogP contribution in [0.25, 0.3) is 0 Å². The van der Waals surface area contributed by atoms with Gasteiger partial charge in [-0.2, -0.15) is 0 Å². The maximum Gasteiger partial charge on any atom is 0.328 e. The molecule has 0 aliphatic carbocycles. The van der Waals surface area contributed by atoms with E-state index < -0.39 is 30.1 Å². The van der Waals surface area contributed by atoms with Crippen LogP contribution >= 0.6 is 0 Å². The topological polar surface area (TPSA) is 116 Å². The van der Waals surface area contributed by atoms with E-state index >= 15 is 0 Å². The summed E-state index contributed by atoms with van der Waals surface area (Å²) in [5.41, 5.74) is 0. The maximum absolute atomic E-state index is 11.9. The molecule has 0 aromatic rings. The molecule has 0 radical (unpaired) electrons.